The third-order valence-electron chi connectivity index (χ3n) is 1.94. The lowest BCUT2D eigenvalue weighted by Crippen LogP contribution is -2.01. The number of carboxylic acid groups (broad SMARTS) is 1. The molecule has 0 bridgehead atoms. The van der Waals surface area contributed by atoms with Crippen LogP contribution < -0.4 is 0 Å². The van der Waals surface area contributed by atoms with Gasteiger partial charge < -0.3 is 5.11 Å². The SMILES string of the molecule is CCc1nsc(Sc2cccnc2C(=O)O)n1. The molecule has 17 heavy (non-hydrogen) atoms. The average molecular weight is 267 g/mol. The van der Waals surface area contributed by atoms with Gasteiger partial charge in [-0.3, -0.25) is 0 Å². The van der Waals surface area contributed by atoms with Crippen LogP contribution in [0.4, 0.5) is 0 Å². The predicted octanol–water partition coefficient (Wildman–Crippen LogP) is 2.34. The monoisotopic (exact) mass is 267 g/mol. The molecule has 0 spiro atoms. The van der Waals surface area contributed by atoms with Crippen molar-refractivity contribution >= 4 is 29.3 Å². The van der Waals surface area contributed by atoms with E-state index in [2.05, 4.69) is 14.3 Å². The molecule has 0 atom stereocenters. The van der Waals surface area contributed by atoms with E-state index < -0.39 is 5.97 Å². The van der Waals surface area contributed by atoms with Gasteiger partial charge in [-0.2, -0.15) is 4.37 Å². The van der Waals surface area contributed by atoms with E-state index in [1.54, 1.807) is 12.1 Å². The summed E-state index contributed by atoms with van der Waals surface area (Å²) in [5.74, 6) is -0.258. The Morgan fingerprint density at radius 3 is 3.06 bits per heavy atom. The fourth-order valence-electron chi connectivity index (χ4n) is 1.15. The van der Waals surface area contributed by atoms with Crippen molar-refractivity contribution in [1.29, 1.82) is 0 Å². The molecular formula is C10H9N3O2S2. The van der Waals surface area contributed by atoms with Crippen LogP contribution in [-0.2, 0) is 6.42 Å². The van der Waals surface area contributed by atoms with E-state index in [4.69, 9.17) is 5.11 Å². The zero-order valence-electron chi connectivity index (χ0n) is 8.95. The lowest BCUT2D eigenvalue weighted by atomic mass is 10.3. The summed E-state index contributed by atoms with van der Waals surface area (Å²) in [4.78, 5) is 19.7. The van der Waals surface area contributed by atoms with Crippen LogP contribution in [0.25, 0.3) is 0 Å². The Kier molecular flexibility index (Phi) is 3.70. The highest BCUT2D eigenvalue weighted by Crippen LogP contribution is 2.30. The summed E-state index contributed by atoms with van der Waals surface area (Å²) in [6, 6.07) is 3.42. The molecule has 2 aromatic rings. The first kappa shape index (κ1) is 12.0. The maximum absolute atomic E-state index is 11.0. The summed E-state index contributed by atoms with van der Waals surface area (Å²) in [6.07, 6.45) is 2.24. The molecule has 7 heteroatoms. The van der Waals surface area contributed by atoms with E-state index >= 15 is 0 Å². The largest absolute Gasteiger partial charge is 0.476 e. The van der Waals surface area contributed by atoms with Gasteiger partial charge in [0.15, 0.2) is 10.0 Å². The maximum atomic E-state index is 11.0. The van der Waals surface area contributed by atoms with Crippen molar-refractivity contribution in [2.45, 2.75) is 22.6 Å². The van der Waals surface area contributed by atoms with Gasteiger partial charge in [0.05, 0.1) is 0 Å². The molecule has 0 fully saturated rings. The molecule has 0 saturated heterocycles. The fraction of sp³-hybridized carbons (Fsp3) is 0.200. The molecule has 2 heterocycles. The predicted molar refractivity (Wildman–Crippen MR) is 64.6 cm³/mol. The Labute approximate surface area is 106 Å². The van der Waals surface area contributed by atoms with E-state index in [9.17, 15) is 4.79 Å². The van der Waals surface area contributed by atoms with Crippen LogP contribution in [0.1, 0.15) is 23.2 Å². The molecule has 2 aromatic heterocycles. The summed E-state index contributed by atoms with van der Waals surface area (Å²) in [7, 11) is 0. The maximum Gasteiger partial charge on any atom is 0.355 e. The van der Waals surface area contributed by atoms with Gasteiger partial charge in [0.1, 0.15) is 5.82 Å². The van der Waals surface area contributed by atoms with E-state index in [0.717, 1.165) is 16.6 Å². The van der Waals surface area contributed by atoms with Crippen molar-refractivity contribution in [1.82, 2.24) is 14.3 Å². The number of nitrogens with zero attached hydrogens (tertiary/aromatic N) is 3. The van der Waals surface area contributed by atoms with Gasteiger partial charge in [0.25, 0.3) is 0 Å². The molecule has 0 radical (unpaired) electrons. The van der Waals surface area contributed by atoms with Gasteiger partial charge in [-0.25, -0.2) is 14.8 Å². The second-order valence-electron chi connectivity index (χ2n) is 3.09. The van der Waals surface area contributed by atoms with Crippen molar-refractivity contribution in [3.8, 4) is 0 Å². The van der Waals surface area contributed by atoms with E-state index in [1.165, 1.54) is 29.5 Å². The van der Waals surface area contributed by atoms with Crippen LogP contribution in [0.15, 0.2) is 27.6 Å². The molecule has 0 aliphatic heterocycles. The third kappa shape index (κ3) is 2.80. The molecule has 0 aliphatic rings. The summed E-state index contributed by atoms with van der Waals surface area (Å²) in [5, 5.41) is 8.99. The number of aryl methyl sites for hydroxylation is 1. The molecule has 0 aromatic carbocycles. The first-order chi connectivity index (χ1) is 8.20. The Morgan fingerprint density at radius 1 is 1.59 bits per heavy atom. The Morgan fingerprint density at radius 2 is 2.41 bits per heavy atom. The van der Waals surface area contributed by atoms with Crippen LogP contribution in [0.5, 0.6) is 0 Å². The zero-order chi connectivity index (χ0) is 12.3. The minimum absolute atomic E-state index is 0.0470. The van der Waals surface area contributed by atoms with Crippen LogP contribution in [0.3, 0.4) is 0 Å². The van der Waals surface area contributed by atoms with Gasteiger partial charge in [-0.05, 0) is 23.7 Å². The number of hydrogen-bond donors (Lipinski definition) is 1. The number of hydrogen-bond acceptors (Lipinski definition) is 6. The highest BCUT2D eigenvalue weighted by Gasteiger charge is 2.14. The topological polar surface area (TPSA) is 76.0 Å². The number of aromatic nitrogens is 3. The van der Waals surface area contributed by atoms with Crippen LogP contribution in [0, 0.1) is 0 Å². The summed E-state index contributed by atoms with van der Waals surface area (Å²) >= 11 is 2.55. The van der Waals surface area contributed by atoms with Crippen molar-refractivity contribution in [3.63, 3.8) is 0 Å². The van der Waals surface area contributed by atoms with Crippen molar-refractivity contribution < 1.29 is 9.90 Å². The first-order valence-electron chi connectivity index (χ1n) is 4.89. The van der Waals surface area contributed by atoms with Gasteiger partial charge in [0.2, 0.25) is 0 Å². The van der Waals surface area contributed by atoms with Crippen LogP contribution >= 0.6 is 23.3 Å². The molecule has 1 N–H and O–H groups in total. The zero-order valence-corrected chi connectivity index (χ0v) is 10.6. The Bertz CT molecular complexity index is 542. The van der Waals surface area contributed by atoms with Gasteiger partial charge in [-0.1, -0.05) is 18.7 Å². The third-order valence-corrected chi connectivity index (χ3v) is 3.77. The summed E-state index contributed by atoms with van der Waals surface area (Å²) in [6.45, 7) is 1.98. The van der Waals surface area contributed by atoms with E-state index in [0.29, 0.717) is 4.90 Å². The number of pyridine rings is 1. The lowest BCUT2D eigenvalue weighted by molar-refractivity contribution is 0.0686. The lowest BCUT2D eigenvalue weighted by Gasteiger charge is -2.00. The molecule has 0 unspecified atom stereocenters. The first-order valence-corrected chi connectivity index (χ1v) is 6.48. The Hall–Kier alpha value is -1.47. The standard InChI is InChI=1S/C10H9N3O2S2/c1-2-7-12-10(17-13-7)16-6-4-3-5-11-8(6)9(14)15/h3-5H,2H2,1H3,(H,14,15). The normalized spacial score (nSPS) is 10.4. The van der Waals surface area contributed by atoms with E-state index in [1.807, 2.05) is 6.92 Å². The summed E-state index contributed by atoms with van der Waals surface area (Å²) in [5.41, 5.74) is 0.0470. The van der Waals surface area contributed by atoms with Gasteiger partial charge >= 0.3 is 5.97 Å². The summed E-state index contributed by atoms with van der Waals surface area (Å²) < 4.78 is 4.88. The van der Waals surface area contributed by atoms with Crippen molar-refractivity contribution in [2.24, 2.45) is 0 Å². The average Bonchev–Trinajstić information content (AvgIpc) is 2.77. The van der Waals surface area contributed by atoms with Crippen molar-refractivity contribution in [3.05, 3.63) is 29.8 Å². The molecule has 0 amide bonds. The second kappa shape index (κ2) is 5.24. The molecule has 0 aliphatic carbocycles. The Balaban J connectivity index is 2.26. The van der Waals surface area contributed by atoms with Gasteiger partial charge in [0, 0.05) is 17.5 Å². The number of rotatable bonds is 4. The number of aromatic carboxylic acids is 1. The van der Waals surface area contributed by atoms with Gasteiger partial charge in [-0.15, -0.1) is 0 Å². The molecular weight excluding hydrogens is 258 g/mol. The second-order valence-corrected chi connectivity index (χ2v) is 5.13. The molecule has 5 nitrogen and oxygen atoms in total. The van der Waals surface area contributed by atoms with E-state index in [-0.39, 0.29) is 5.69 Å². The molecule has 88 valence electrons. The fourth-order valence-corrected chi connectivity index (χ4v) is 2.90. The molecule has 2 rings (SSSR count). The quantitative estimate of drug-likeness (QED) is 0.916. The minimum Gasteiger partial charge on any atom is -0.476 e. The molecule has 0 saturated carbocycles. The van der Waals surface area contributed by atoms with Crippen LogP contribution in [0.2, 0.25) is 0 Å². The highest BCUT2D eigenvalue weighted by molar-refractivity contribution is 8.01. The highest BCUT2D eigenvalue weighted by atomic mass is 32.2. The number of carbonyl (C=O) groups is 1. The van der Waals surface area contributed by atoms with Crippen molar-refractivity contribution in [2.75, 3.05) is 0 Å². The van der Waals surface area contributed by atoms with Crippen LogP contribution in [-0.4, -0.2) is 25.4 Å². The smallest absolute Gasteiger partial charge is 0.355 e. The number of carboxylic acids is 1. The minimum atomic E-state index is -1.03.